The van der Waals surface area contributed by atoms with Gasteiger partial charge in [0.15, 0.2) is 0 Å². The topological polar surface area (TPSA) is 51.5 Å². The van der Waals surface area contributed by atoms with Crippen LogP contribution in [0.4, 0.5) is 0 Å². The Labute approximate surface area is 102 Å². The van der Waals surface area contributed by atoms with Crippen molar-refractivity contribution in [3.8, 4) is 0 Å². The third kappa shape index (κ3) is 6.79. The van der Waals surface area contributed by atoms with E-state index in [2.05, 4.69) is 12.2 Å². The summed E-state index contributed by atoms with van der Waals surface area (Å²) in [5.41, 5.74) is 0. The minimum absolute atomic E-state index is 0.00601. The summed E-state index contributed by atoms with van der Waals surface area (Å²) in [4.78, 5) is 11.4. The average Bonchev–Trinajstić information content (AvgIpc) is 2.80. The van der Waals surface area contributed by atoms with Gasteiger partial charge in [-0.25, -0.2) is 0 Å². The molecular weight excluding hydrogens is 218 g/mol. The molecule has 0 atom stereocenters. The molecule has 0 aromatic carbocycles. The molecule has 1 aromatic heterocycles. The number of carbonyl (C=O) groups is 1. The molecule has 1 rings (SSSR count). The van der Waals surface area contributed by atoms with Gasteiger partial charge < -0.3 is 14.5 Å². The third-order valence-electron chi connectivity index (χ3n) is 2.34. The molecule has 0 saturated heterocycles. The molecule has 0 unspecified atom stereocenters. The minimum atomic E-state index is -0.00601. The van der Waals surface area contributed by atoms with Crippen molar-refractivity contribution in [2.24, 2.45) is 0 Å². The van der Waals surface area contributed by atoms with Crippen LogP contribution in [0.5, 0.6) is 0 Å². The smallest absolute Gasteiger partial charge is 0.227 e. The van der Waals surface area contributed by atoms with Crippen LogP contribution < -0.4 is 5.32 Å². The highest BCUT2D eigenvalue weighted by Gasteiger charge is 2.04. The summed E-state index contributed by atoms with van der Waals surface area (Å²) in [5, 5.41) is 2.83. The zero-order chi connectivity index (χ0) is 12.3. The Bertz CT molecular complexity index is 296. The van der Waals surface area contributed by atoms with Gasteiger partial charge in [0.25, 0.3) is 0 Å². The first-order valence-electron chi connectivity index (χ1n) is 6.19. The summed E-state index contributed by atoms with van der Waals surface area (Å²) < 4.78 is 10.5. The summed E-state index contributed by atoms with van der Waals surface area (Å²) in [6.07, 6.45) is 4.99. The summed E-state index contributed by atoms with van der Waals surface area (Å²) in [6, 6.07) is 3.58. The van der Waals surface area contributed by atoms with Crippen LogP contribution in [-0.2, 0) is 16.0 Å². The van der Waals surface area contributed by atoms with Crippen LogP contribution in [0.25, 0.3) is 0 Å². The Morgan fingerprint density at radius 3 is 2.94 bits per heavy atom. The van der Waals surface area contributed by atoms with E-state index in [0.717, 1.165) is 25.9 Å². The average molecular weight is 239 g/mol. The second kappa shape index (κ2) is 8.82. The van der Waals surface area contributed by atoms with E-state index in [1.54, 1.807) is 18.4 Å². The van der Waals surface area contributed by atoms with Crippen molar-refractivity contribution >= 4 is 5.91 Å². The summed E-state index contributed by atoms with van der Waals surface area (Å²) in [6.45, 7) is 4.32. The predicted octanol–water partition coefficient (Wildman–Crippen LogP) is 2.15. The van der Waals surface area contributed by atoms with Crippen LogP contribution in [0.15, 0.2) is 22.8 Å². The van der Waals surface area contributed by atoms with Gasteiger partial charge in [0, 0.05) is 19.8 Å². The number of hydrogen-bond acceptors (Lipinski definition) is 3. The van der Waals surface area contributed by atoms with Crippen molar-refractivity contribution in [2.45, 2.75) is 32.6 Å². The Kier molecular flexibility index (Phi) is 7.14. The summed E-state index contributed by atoms with van der Waals surface area (Å²) in [7, 11) is 0. The molecule has 0 aliphatic heterocycles. The van der Waals surface area contributed by atoms with Crippen LogP contribution in [0.3, 0.4) is 0 Å². The quantitative estimate of drug-likeness (QED) is 0.672. The maximum absolute atomic E-state index is 11.4. The van der Waals surface area contributed by atoms with Crippen molar-refractivity contribution in [1.29, 1.82) is 0 Å². The van der Waals surface area contributed by atoms with Crippen molar-refractivity contribution < 1.29 is 13.9 Å². The van der Waals surface area contributed by atoms with E-state index >= 15 is 0 Å². The number of furan rings is 1. The van der Waals surface area contributed by atoms with Crippen LogP contribution >= 0.6 is 0 Å². The first-order chi connectivity index (χ1) is 8.33. The molecule has 1 amide bonds. The molecule has 4 heteroatoms. The van der Waals surface area contributed by atoms with E-state index in [0.29, 0.717) is 25.3 Å². The minimum Gasteiger partial charge on any atom is -0.469 e. The van der Waals surface area contributed by atoms with E-state index in [9.17, 15) is 4.79 Å². The Hall–Kier alpha value is -1.29. The molecule has 0 saturated carbocycles. The molecule has 0 aliphatic rings. The zero-order valence-corrected chi connectivity index (χ0v) is 10.4. The summed E-state index contributed by atoms with van der Waals surface area (Å²) in [5.74, 6) is 0.690. The maximum Gasteiger partial charge on any atom is 0.227 e. The standard InChI is InChI=1S/C13H21NO3/c1-2-3-8-16-9-5-7-14-13(15)11-12-6-4-10-17-12/h4,6,10H,2-3,5,7-9,11H2,1H3,(H,14,15). The number of amides is 1. The van der Waals surface area contributed by atoms with E-state index in [-0.39, 0.29) is 5.91 Å². The molecule has 0 bridgehead atoms. The van der Waals surface area contributed by atoms with Gasteiger partial charge in [-0.1, -0.05) is 13.3 Å². The van der Waals surface area contributed by atoms with Gasteiger partial charge >= 0.3 is 0 Å². The van der Waals surface area contributed by atoms with Crippen LogP contribution in [-0.4, -0.2) is 25.7 Å². The fourth-order valence-corrected chi connectivity index (χ4v) is 1.38. The predicted molar refractivity (Wildman–Crippen MR) is 65.8 cm³/mol. The molecular formula is C13H21NO3. The van der Waals surface area contributed by atoms with Crippen LogP contribution in [0.2, 0.25) is 0 Å². The first-order valence-corrected chi connectivity index (χ1v) is 6.19. The van der Waals surface area contributed by atoms with Crippen LogP contribution in [0, 0.1) is 0 Å². The zero-order valence-electron chi connectivity index (χ0n) is 10.4. The lowest BCUT2D eigenvalue weighted by atomic mass is 10.3. The molecule has 1 aromatic rings. The third-order valence-corrected chi connectivity index (χ3v) is 2.34. The second-order valence-electron chi connectivity index (χ2n) is 3.93. The highest BCUT2D eigenvalue weighted by molar-refractivity contribution is 5.77. The van der Waals surface area contributed by atoms with Crippen molar-refractivity contribution in [3.63, 3.8) is 0 Å². The molecule has 4 nitrogen and oxygen atoms in total. The number of hydrogen-bond donors (Lipinski definition) is 1. The van der Waals surface area contributed by atoms with Gasteiger partial charge in [0.05, 0.1) is 12.7 Å². The normalized spacial score (nSPS) is 10.4. The van der Waals surface area contributed by atoms with E-state index in [4.69, 9.17) is 9.15 Å². The lowest BCUT2D eigenvalue weighted by Gasteiger charge is -2.05. The first kappa shape index (κ1) is 13.8. The Morgan fingerprint density at radius 2 is 2.24 bits per heavy atom. The molecule has 0 spiro atoms. The van der Waals surface area contributed by atoms with Gasteiger partial charge in [-0.3, -0.25) is 4.79 Å². The van der Waals surface area contributed by atoms with E-state index in [1.165, 1.54) is 0 Å². The van der Waals surface area contributed by atoms with Crippen molar-refractivity contribution in [3.05, 3.63) is 24.2 Å². The lowest BCUT2D eigenvalue weighted by molar-refractivity contribution is -0.120. The molecule has 0 aliphatic carbocycles. The fourth-order valence-electron chi connectivity index (χ4n) is 1.38. The van der Waals surface area contributed by atoms with E-state index in [1.807, 2.05) is 0 Å². The van der Waals surface area contributed by atoms with E-state index < -0.39 is 0 Å². The fraction of sp³-hybridized carbons (Fsp3) is 0.615. The molecule has 1 heterocycles. The molecule has 96 valence electrons. The number of ether oxygens (including phenoxy) is 1. The molecule has 17 heavy (non-hydrogen) atoms. The van der Waals surface area contributed by atoms with Gasteiger partial charge in [-0.2, -0.15) is 0 Å². The van der Waals surface area contributed by atoms with Gasteiger partial charge in [-0.05, 0) is 25.0 Å². The highest BCUT2D eigenvalue weighted by atomic mass is 16.5. The van der Waals surface area contributed by atoms with Crippen molar-refractivity contribution in [1.82, 2.24) is 5.32 Å². The number of rotatable bonds is 9. The summed E-state index contributed by atoms with van der Waals surface area (Å²) >= 11 is 0. The molecule has 0 fully saturated rings. The van der Waals surface area contributed by atoms with Crippen molar-refractivity contribution in [2.75, 3.05) is 19.8 Å². The molecule has 1 N–H and O–H groups in total. The number of carbonyl (C=O) groups excluding carboxylic acids is 1. The second-order valence-corrected chi connectivity index (χ2v) is 3.93. The lowest BCUT2D eigenvalue weighted by Crippen LogP contribution is -2.26. The Balaban J connectivity index is 1.94. The molecule has 0 radical (unpaired) electrons. The van der Waals surface area contributed by atoms with Gasteiger partial charge in [-0.15, -0.1) is 0 Å². The van der Waals surface area contributed by atoms with Gasteiger partial charge in [0.2, 0.25) is 5.91 Å². The largest absolute Gasteiger partial charge is 0.469 e. The number of unbranched alkanes of at least 4 members (excludes halogenated alkanes) is 1. The number of nitrogens with one attached hydrogen (secondary N) is 1. The monoisotopic (exact) mass is 239 g/mol. The highest BCUT2D eigenvalue weighted by Crippen LogP contribution is 2.00. The SMILES string of the molecule is CCCCOCCCNC(=O)Cc1ccco1. The Morgan fingerprint density at radius 1 is 1.41 bits per heavy atom. The van der Waals surface area contributed by atoms with Crippen LogP contribution in [0.1, 0.15) is 31.9 Å². The van der Waals surface area contributed by atoms with Gasteiger partial charge in [0.1, 0.15) is 5.76 Å². The maximum atomic E-state index is 11.4.